The summed E-state index contributed by atoms with van der Waals surface area (Å²) in [5.74, 6) is 1.16. The van der Waals surface area contributed by atoms with Crippen molar-refractivity contribution in [1.29, 1.82) is 0 Å². The Labute approximate surface area is 139 Å². The van der Waals surface area contributed by atoms with E-state index in [0.29, 0.717) is 28.9 Å². The van der Waals surface area contributed by atoms with Gasteiger partial charge in [-0.25, -0.2) is 4.98 Å². The molecule has 1 aliphatic heterocycles. The van der Waals surface area contributed by atoms with Gasteiger partial charge in [0.25, 0.3) is 5.56 Å². The van der Waals surface area contributed by atoms with Gasteiger partial charge in [-0.05, 0) is 26.0 Å². The minimum absolute atomic E-state index is 0.120. The summed E-state index contributed by atoms with van der Waals surface area (Å²) in [7, 11) is 0. The number of carbonyl (C=O) groups excluding carboxylic acids is 1. The largest absolute Gasteiger partial charge is 0.330 e. The number of hydrogen-bond acceptors (Lipinski definition) is 5. The first-order valence-electron chi connectivity index (χ1n) is 7.61. The van der Waals surface area contributed by atoms with Gasteiger partial charge >= 0.3 is 0 Å². The van der Waals surface area contributed by atoms with E-state index >= 15 is 0 Å². The average Bonchev–Trinajstić information content (AvgIpc) is 2.94. The SMILES string of the molecule is CCCC1SCCN1C(=O)CCc1c(C)nc(SC)[nH]c1=O. The lowest BCUT2D eigenvalue weighted by atomic mass is 10.1. The molecule has 1 atom stereocenters. The molecular formula is C15H23N3O2S2. The number of H-pyrrole nitrogens is 1. The molecule has 122 valence electrons. The standard InChI is InChI=1S/C15H23N3O2S2/c1-4-5-13-18(8-9-22-13)12(19)7-6-11-10(2)16-15(21-3)17-14(11)20/h13H,4-9H2,1-3H3,(H,16,17,20). The fraction of sp³-hybridized carbons (Fsp3) is 0.667. The summed E-state index contributed by atoms with van der Waals surface area (Å²) >= 11 is 3.27. The highest BCUT2D eigenvalue weighted by Gasteiger charge is 2.28. The van der Waals surface area contributed by atoms with Gasteiger partial charge in [0.15, 0.2) is 5.16 Å². The Morgan fingerprint density at radius 2 is 2.32 bits per heavy atom. The lowest BCUT2D eigenvalue weighted by molar-refractivity contribution is -0.131. The molecule has 0 spiro atoms. The highest BCUT2D eigenvalue weighted by molar-refractivity contribution is 8.00. The summed E-state index contributed by atoms with van der Waals surface area (Å²) in [6.07, 6.45) is 4.84. The lowest BCUT2D eigenvalue weighted by Crippen LogP contribution is -2.35. The molecule has 1 fully saturated rings. The van der Waals surface area contributed by atoms with Gasteiger partial charge in [0.05, 0.1) is 5.37 Å². The van der Waals surface area contributed by atoms with Crippen LogP contribution >= 0.6 is 23.5 Å². The van der Waals surface area contributed by atoms with E-state index in [1.165, 1.54) is 11.8 Å². The maximum atomic E-state index is 12.4. The number of aryl methyl sites for hydroxylation is 1. The highest BCUT2D eigenvalue weighted by atomic mass is 32.2. The summed E-state index contributed by atoms with van der Waals surface area (Å²) < 4.78 is 0. The average molecular weight is 342 g/mol. The van der Waals surface area contributed by atoms with Crippen LogP contribution in [0.25, 0.3) is 0 Å². The monoisotopic (exact) mass is 341 g/mol. The molecule has 7 heteroatoms. The van der Waals surface area contributed by atoms with Crippen molar-refractivity contribution >= 4 is 29.4 Å². The third-order valence-corrected chi connectivity index (χ3v) is 5.70. The van der Waals surface area contributed by atoms with Crippen LogP contribution in [0, 0.1) is 6.92 Å². The number of rotatable bonds is 6. The van der Waals surface area contributed by atoms with Crippen LogP contribution < -0.4 is 5.56 Å². The van der Waals surface area contributed by atoms with Gasteiger partial charge in [-0.2, -0.15) is 0 Å². The number of hydrogen-bond donors (Lipinski definition) is 1. The molecule has 0 aliphatic carbocycles. The van der Waals surface area contributed by atoms with Crippen LogP contribution in [0.1, 0.15) is 37.4 Å². The molecule has 1 amide bonds. The second-order valence-electron chi connectivity index (χ2n) is 5.34. The number of amides is 1. The predicted molar refractivity (Wildman–Crippen MR) is 92.6 cm³/mol. The molecule has 1 saturated heterocycles. The third-order valence-electron chi connectivity index (χ3n) is 3.83. The van der Waals surface area contributed by atoms with Gasteiger partial charge in [0, 0.05) is 30.0 Å². The Kier molecular flexibility index (Phi) is 6.37. The van der Waals surface area contributed by atoms with E-state index in [1.807, 2.05) is 29.8 Å². The molecule has 0 aromatic carbocycles. The normalized spacial score (nSPS) is 18.0. The molecule has 22 heavy (non-hydrogen) atoms. The van der Waals surface area contributed by atoms with Crippen molar-refractivity contribution in [1.82, 2.24) is 14.9 Å². The zero-order valence-electron chi connectivity index (χ0n) is 13.3. The molecule has 0 saturated carbocycles. The van der Waals surface area contributed by atoms with Gasteiger partial charge in [-0.3, -0.25) is 9.59 Å². The summed E-state index contributed by atoms with van der Waals surface area (Å²) in [6, 6.07) is 0. The minimum atomic E-state index is -0.120. The van der Waals surface area contributed by atoms with E-state index < -0.39 is 0 Å². The maximum absolute atomic E-state index is 12.4. The molecular weight excluding hydrogens is 318 g/mol. The van der Waals surface area contributed by atoms with Crippen LogP contribution in [0.5, 0.6) is 0 Å². The van der Waals surface area contributed by atoms with Crippen molar-refractivity contribution in [3.05, 3.63) is 21.6 Å². The number of carbonyl (C=O) groups is 1. The summed E-state index contributed by atoms with van der Waals surface area (Å²) in [4.78, 5) is 33.6. The first-order valence-corrected chi connectivity index (χ1v) is 9.89. The van der Waals surface area contributed by atoms with Gasteiger partial charge in [0.2, 0.25) is 5.91 Å². The molecule has 0 radical (unpaired) electrons. The molecule has 1 aromatic heterocycles. The van der Waals surface area contributed by atoms with Crippen LogP contribution in [0.2, 0.25) is 0 Å². The first-order chi connectivity index (χ1) is 10.6. The number of nitrogens with one attached hydrogen (secondary N) is 1. The molecule has 0 bridgehead atoms. The van der Waals surface area contributed by atoms with Crippen molar-refractivity contribution in [3.63, 3.8) is 0 Å². The number of nitrogens with zero attached hydrogens (tertiary/aromatic N) is 2. The van der Waals surface area contributed by atoms with Gasteiger partial charge in [0.1, 0.15) is 0 Å². The second-order valence-corrected chi connectivity index (χ2v) is 7.42. The van der Waals surface area contributed by atoms with E-state index in [9.17, 15) is 9.59 Å². The highest BCUT2D eigenvalue weighted by Crippen LogP contribution is 2.28. The Morgan fingerprint density at radius 3 is 2.95 bits per heavy atom. The Morgan fingerprint density at radius 1 is 1.55 bits per heavy atom. The molecule has 1 aliphatic rings. The van der Waals surface area contributed by atoms with Crippen molar-refractivity contribution in [3.8, 4) is 0 Å². The van der Waals surface area contributed by atoms with Crippen LogP contribution in [-0.2, 0) is 11.2 Å². The van der Waals surface area contributed by atoms with Crippen LogP contribution in [0.4, 0.5) is 0 Å². The maximum Gasteiger partial charge on any atom is 0.254 e. The lowest BCUT2D eigenvalue weighted by Gasteiger charge is -2.23. The molecule has 1 unspecified atom stereocenters. The Bertz CT molecular complexity index is 589. The van der Waals surface area contributed by atoms with Crippen molar-refractivity contribution in [2.45, 2.75) is 50.1 Å². The zero-order chi connectivity index (χ0) is 16.1. The fourth-order valence-corrected chi connectivity index (χ4v) is 4.45. The van der Waals surface area contributed by atoms with E-state index in [0.717, 1.165) is 30.8 Å². The van der Waals surface area contributed by atoms with Crippen LogP contribution in [-0.4, -0.2) is 44.7 Å². The van der Waals surface area contributed by atoms with Gasteiger partial charge < -0.3 is 9.88 Å². The van der Waals surface area contributed by atoms with Crippen molar-refractivity contribution in [2.24, 2.45) is 0 Å². The topological polar surface area (TPSA) is 66.1 Å². The van der Waals surface area contributed by atoms with Crippen molar-refractivity contribution < 1.29 is 4.79 Å². The number of aromatic amines is 1. The summed E-state index contributed by atoms with van der Waals surface area (Å²) in [6.45, 7) is 4.80. The van der Waals surface area contributed by atoms with E-state index in [4.69, 9.17) is 0 Å². The summed E-state index contributed by atoms with van der Waals surface area (Å²) in [5, 5.41) is 0.936. The fourth-order valence-electron chi connectivity index (χ4n) is 2.64. The smallest absolute Gasteiger partial charge is 0.254 e. The van der Waals surface area contributed by atoms with Crippen molar-refractivity contribution in [2.75, 3.05) is 18.6 Å². The summed E-state index contributed by atoms with van der Waals surface area (Å²) in [5.41, 5.74) is 1.23. The van der Waals surface area contributed by atoms with Crippen LogP contribution in [0.15, 0.2) is 9.95 Å². The van der Waals surface area contributed by atoms with E-state index in [2.05, 4.69) is 16.9 Å². The second kappa shape index (κ2) is 8.06. The quantitative estimate of drug-likeness (QED) is 0.636. The van der Waals surface area contributed by atoms with E-state index in [1.54, 1.807) is 0 Å². The third kappa shape index (κ3) is 4.07. The minimum Gasteiger partial charge on any atom is -0.330 e. The van der Waals surface area contributed by atoms with Gasteiger partial charge in [-0.1, -0.05) is 25.1 Å². The zero-order valence-corrected chi connectivity index (χ0v) is 15.0. The molecule has 5 nitrogen and oxygen atoms in total. The first kappa shape index (κ1) is 17.4. The van der Waals surface area contributed by atoms with Gasteiger partial charge in [-0.15, -0.1) is 11.8 Å². The molecule has 2 rings (SSSR count). The number of thioether (sulfide) groups is 2. The Hall–Kier alpha value is -0.950. The van der Waals surface area contributed by atoms with Crippen LogP contribution in [0.3, 0.4) is 0 Å². The molecule has 1 N–H and O–H groups in total. The molecule has 1 aromatic rings. The Balaban J connectivity index is 2.01. The number of aromatic nitrogens is 2. The molecule has 2 heterocycles. The van der Waals surface area contributed by atoms with E-state index in [-0.39, 0.29) is 11.5 Å². The predicted octanol–water partition coefficient (Wildman–Crippen LogP) is 2.43.